The third-order valence-corrected chi connectivity index (χ3v) is 5.97. The van der Waals surface area contributed by atoms with Crippen LogP contribution in [0, 0.1) is 0 Å². The number of fused-ring (bicyclic) bond motifs is 1. The maximum absolute atomic E-state index is 12.9. The van der Waals surface area contributed by atoms with Gasteiger partial charge in [0.15, 0.2) is 23.0 Å². The molecular formula is C19H23NO6S. The normalized spacial score (nSPS) is 13.9. The number of benzene rings is 2. The van der Waals surface area contributed by atoms with Crippen molar-refractivity contribution in [2.75, 3.05) is 27.4 Å². The monoisotopic (exact) mass is 393 g/mol. The van der Waals surface area contributed by atoms with Gasteiger partial charge in [0, 0.05) is 6.07 Å². The van der Waals surface area contributed by atoms with E-state index >= 15 is 0 Å². The minimum Gasteiger partial charge on any atom is -0.493 e. The molecule has 0 fully saturated rings. The van der Waals surface area contributed by atoms with Crippen molar-refractivity contribution < 1.29 is 27.4 Å². The Kier molecular flexibility index (Phi) is 5.21. The molecule has 0 atom stereocenters. The second-order valence-corrected chi connectivity index (χ2v) is 8.29. The first-order valence-corrected chi connectivity index (χ1v) is 9.91. The van der Waals surface area contributed by atoms with Crippen molar-refractivity contribution in [1.82, 2.24) is 4.72 Å². The number of nitrogens with one attached hydrogen (secondary N) is 1. The molecule has 1 aliphatic heterocycles. The standard InChI is InChI=1S/C19H23NO6S/c1-19(2,13-5-7-15(23-3)17(11-13)24-4)20-27(21,22)14-6-8-16-18(12-14)26-10-9-25-16/h5-8,11-12,20H,9-10H2,1-4H3. The summed E-state index contributed by atoms with van der Waals surface area (Å²) < 4.78 is 50.1. The fraction of sp³-hybridized carbons (Fsp3) is 0.368. The Balaban J connectivity index is 1.90. The lowest BCUT2D eigenvalue weighted by Gasteiger charge is -2.27. The third kappa shape index (κ3) is 3.96. The first kappa shape index (κ1) is 19.3. The SMILES string of the molecule is COc1ccc(C(C)(C)NS(=O)(=O)c2ccc3c(c2)OCCO3)cc1OC. The van der Waals surface area contributed by atoms with Gasteiger partial charge in [-0.05, 0) is 43.7 Å². The van der Waals surface area contributed by atoms with Crippen molar-refractivity contribution >= 4 is 10.0 Å². The van der Waals surface area contributed by atoms with Gasteiger partial charge in [-0.1, -0.05) is 6.07 Å². The fourth-order valence-corrected chi connectivity index (χ4v) is 4.29. The summed E-state index contributed by atoms with van der Waals surface area (Å²) in [5.41, 5.74) is -0.146. The number of hydrogen-bond acceptors (Lipinski definition) is 6. The molecule has 0 saturated carbocycles. The van der Waals surface area contributed by atoms with Crippen molar-refractivity contribution in [2.45, 2.75) is 24.3 Å². The summed E-state index contributed by atoms with van der Waals surface area (Å²) in [5.74, 6) is 2.07. The molecule has 0 radical (unpaired) electrons. The summed E-state index contributed by atoms with van der Waals surface area (Å²) in [5, 5.41) is 0. The largest absolute Gasteiger partial charge is 0.493 e. The van der Waals surface area contributed by atoms with Crippen LogP contribution >= 0.6 is 0 Å². The Bertz CT molecular complexity index is 939. The van der Waals surface area contributed by atoms with Crippen LogP contribution in [0.4, 0.5) is 0 Å². The lowest BCUT2D eigenvalue weighted by Crippen LogP contribution is -2.40. The molecule has 0 aliphatic carbocycles. The van der Waals surface area contributed by atoms with E-state index in [-0.39, 0.29) is 4.90 Å². The molecule has 0 amide bonds. The molecular weight excluding hydrogens is 370 g/mol. The highest BCUT2D eigenvalue weighted by Crippen LogP contribution is 2.35. The van der Waals surface area contributed by atoms with Crippen LogP contribution in [0.1, 0.15) is 19.4 Å². The molecule has 1 aliphatic rings. The number of rotatable bonds is 6. The molecule has 8 heteroatoms. The second kappa shape index (κ2) is 7.28. The van der Waals surface area contributed by atoms with Crippen molar-refractivity contribution in [3.63, 3.8) is 0 Å². The van der Waals surface area contributed by atoms with Crippen molar-refractivity contribution in [3.05, 3.63) is 42.0 Å². The van der Waals surface area contributed by atoms with E-state index < -0.39 is 15.6 Å². The van der Waals surface area contributed by atoms with Crippen LogP contribution < -0.4 is 23.7 Å². The van der Waals surface area contributed by atoms with Crippen LogP contribution in [-0.2, 0) is 15.6 Å². The van der Waals surface area contributed by atoms with Gasteiger partial charge in [0.05, 0.1) is 24.7 Å². The summed E-state index contributed by atoms with van der Waals surface area (Å²) in [6, 6.07) is 9.88. The first-order chi connectivity index (χ1) is 12.8. The summed E-state index contributed by atoms with van der Waals surface area (Å²) in [6.07, 6.45) is 0. The van der Waals surface area contributed by atoms with Gasteiger partial charge in [-0.2, -0.15) is 0 Å². The average Bonchev–Trinajstić information content (AvgIpc) is 2.66. The van der Waals surface area contributed by atoms with E-state index in [1.54, 1.807) is 45.2 Å². The molecule has 7 nitrogen and oxygen atoms in total. The van der Waals surface area contributed by atoms with E-state index in [4.69, 9.17) is 18.9 Å². The Morgan fingerprint density at radius 2 is 1.59 bits per heavy atom. The van der Waals surface area contributed by atoms with Crippen LogP contribution in [0.3, 0.4) is 0 Å². The average molecular weight is 393 g/mol. The molecule has 3 rings (SSSR count). The van der Waals surface area contributed by atoms with E-state index in [1.165, 1.54) is 19.2 Å². The lowest BCUT2D eigenvalue weighted by molar-refractivity contribution is 0.171. The maximum atomic E-state index is 12.9. The number of sulfonamides is 1. The highest BCUT2D eigenvalue weighted by Gasteiger charge is 2.30. The van der Waals surface area contributed by atoms with Crippen LogP contribution in [0.2, 0.25) is 0 Å². The van der Waals surface area contributed by atoms with Gasteiger partial charge >= 0.3 is 0 Å². The zero-order chi connectivity index (χ0) is 19.7. The fourth-order valence-electron chi connectivity index (χ4n) is 2.87. The van der Waals surface area contributed by atoms with Gasteiger partial charge in [0.2, 0.25) is 10.0 Å². The van der Waals surface area contributed by atoms with Crippen LogP contribution in [0.15, 0.2) is 41.3 Å². The highest BCUT2D eigenvalue weighted by molar-refractivity contribution is 7.89. The molecule has 27 heavy (non-hydrogen) atoms. The van der Waals surface area contributed by atoms with Crippen molar-refractivity contribution in [1.29, 1.82) is 0 Å². The molecule has 0 saturated heterocycles. The first-order valence-electron chi connectivity index (χ1n) is 8.43. The van der Waals surface area contributed by atoms with E-state index in [0.29, 0.717) is 36.2 Å². The lowest BCUT2D eigenvalue weighted by atomic mass is 9.95. The Morgan fingerprint density at radius 3 is 2.26 bits per heavy atom. The molecule has 2 aromatic carbocycles. The molecule has 0 aromatic heterocycles. The van der Waals surface area contributed by atoms with Crippen molar-refractivity contribution in [2.24, 2.45) is 0 Å². The van der Waals surface area contributed by atoms with Gasteiger partial charge in [-0.3, -0.25) is 0 Å². The molecule has 146 valence electrons. The third-order valence-electron chi connectivity index (χ3n) is 4.32. The summed E-state index contributed by atoms with van der Waals surface area (Å²) in [4.78, 5) is 0.111. The highest BCUT2D eigenvalue weighted by atomic mass is 32.2. The summed E-state index contributed by atoms with van der Waals surface area (Å²) in [6.45, 7) is 4.40. The Morgan fingerprint density at radius 1 is 0.926 bits per heavy atom. The minimum absolute atomic E-state index is 0.111. The van der Waals surface area contributed by atoms with E-state index in [1.807, 2.05) is 0 Å². The van der Waals surface area contributed by atoms with Crippen LogP contribution in [0.25, 0.3) is 0 Å². The summed E-state index contributed by atoms with van der Waals surface area (Å²) in [7, 11) is -0.708. The topological polar surface area (TPSA) is 83.1 Å². The number of methoxy groups -OCH3 is 2. The molecule has 0 unspecified atom stereocenters. The maximum Gasteiger partial charge on any atom is 0.241 e. The molecule has 1 N–H and O–H groups in total. The van der Waals surface area contributed by atoms with E-state index in [9.17, 15) is 8.42 Å². The molecule has 0 spiro atoms. The number of hydrogen-bond donors (Lipinski definition) is 1. The van der Waals surface area contributed by atoms with E-state index in [2.05, 4.69) is 4.72 Å². The number of ether oxygens (including phenoxy) is 4. The molecule has 0 bridgehead atoms. The summed E-state index contributed by atoms with van der Waals surface area (Å²) >= 11 is 0. The zero-order valence-corrected chi connectivity index (χ0v) is 16.6. The Labute approximate surface area is 159 Å². The Hall–Kier alpha value is -2.45. The second-order valence-electron chi connectivity index (χ2n) is 6.61. The van der Waals surface area contributed by atoms with Gasteiger partial charge in [-0.15, -0.1) is 0 Å². The smallest absolute Gasteiger partial charge is 0.241 e. The van der Waals surface area contributed by atoms with Crippen LogP contribution in [-0.4, -0.2) is 35.9 Å². The van der Waals surface area contributed by atoms with Crippen LogP contribution in [0.5, 0.6) is 23.0 Å². The van der Waals surface area contributed by atoms with Gasteiger partial charge in [0.1, 0.15) is 13.2 Å². The van der Waals surface area contributed by atoms with Gasteiger partial charge in [-0.25, -0.2) is 13.1 Å². The molecule has 1 heterocycles. The van der Waals surface area contributed by atoms with E-state index in [0.717, 1.165) is 5.56 Å². The predicted molar refractivity (Wildman–Crippen MR) is 100 cm³/mol. The molecule has 2 aromatic rings. The van der Waals surface area contributed by atoms with Gasteiger partial charge in [0.25, 0.3) is 0 Å². The van der Waals surface area contributed by atoms with Gasteiger partial charge < -0.3 is 18.9 Å². The minimum atomic E-state index is -3.79. The van der Waals surface area contributed by atoms with Crippen molar-refractivity contribution in [3.8, 4) is 23.0 Å². The zero-order valence-electron chi connectivity index (χ0n) is 15.7. The quantitative estimate of drug-likeness (QED) is 0.813. The predicted octanol–water partition coefficient (Wildman–Crippen LogP) is 2.69.